The zero-order valence-electron chi connectivity index (χ0n) is 11.6. The van der Waals surface area contributed by atoms with Crippen LogP contribution < -0.4 is 4.90 Å². The number of aromatic hydroxyl groups is 1. The Morgan fingerprint density at radius 2 is 1.63 bits per heavy atom. The Morgan fingerprint density at radius 3 is 2.26 bits per heavy atom. The fraction of sp³-hybridized carbons (Fsp3) is 0.294. The normalized spacial score (nSPS) is 10.7. The van der Waals surface area contributed by atoms with Gasteiger partial charge in [0, 0.05) is 24.0 Å². The van der Waals surface area contributed by atoms with Crippen LogP contribution in [0.1, 0.15) is 20.3 Å². The van der Waals surface area contributed by atoms with Gasteiger partial charge in [0.05, 0.1) is 0 Å². The van der Waals surface area contributed by atoms with E-state index in [-0.39, 0.29) is 0 Å². The van der Waals surface area contributed by atoms with Crippen LogP contribution in [0.4, 0.5) is 11.4 Å². The van der Waals surface area contributed by atoms with Gasteiger partial charge in [-0.1, -0.05) is 38.1 Å². The summed E-state index contributed by atoms with van der Waals surface area (Å²) in [7, 11) is 0. The first-order valence-electron chi connectivity index (χ1n) is 6.78. The number of hydrogen-bond donors (Lipinski definition) is 1. The van der Waals surface area contributed by atoms with Gasteiger partial charge in [0.2, 0.25) is 0 Å². The summed E-state index contributed by atoms with van der Waals surface area (Å²) in [6.07, 6.45) is 1.12. The predicted octanol–water partition coefficient (Wildman–Crippen LogP) is 4.58. The maximum atomic E-state index is 9.66. The Balaban J connectivity index is 2.29. The van der Waals surface area contributed by atoms with E-state index in [1.807, 2.05) is 36.4 Å². The van der Waals surface area contributed by atoms with Crippen LogP contribution in [0.5, 0.6) is 5.75 Å². The molecular formula is C17H21NO. The molecule has 2 heteroatoms. The SMILES string of the molecule is CC(C)CCN(c1ccccc1)c1cccc(O)c1. The lowest BCUT2D eigenvalue weighted by molar-refractivity contribution is 0.475. The van der Waals surface area contributed by atoms with Crippen LogP contribution in [0.2, 0.25) is 0 Å². The van der Waals surface area contributed by atoms with Gasteiger partial charge in [-0.05, 0) is 36.6 Å². The van der Waals surface area contributed by atoms with E-state index in [4.69, 9.17) is 0 Å². The van der Waals surface area contributed by atoms with Crippen LogP contribution in [-0.4, -0.2) is 11.7 Å². The van der Waals surface area contributed by atoms with Gasteiger partial charge in [-0.25, -0.2) is 0 Å². The van der Waals surface area contributed by atoms with Gasteiger partial charge in [0.15, 0.2) is 0 Å². The van der Waals surface area contributed by atoms with Gasteiger partial charge in [0.1, 0.15) is 5.75 Å². The maximum Gasteiger partial charge on any atom is 0.117 e. The molecule has 0 saturated carbocycles. The monoisotopic (exact) mass is 255 g/mol. The highest BCUT2D eigenvalue weighted by Crippen LogP contribution is 2.28. The molecule has 2 nitrogen and oxygen atoms in total. The highest BCUT2D eigenvalue weighted by atomic mass is 16.3. The molecule has 0 heterocycles. The molecule has 0 saturated heterocycles. The van der Waals surface area contributed by atoms with Crippen LogP contribution in [0.25, 0.3) is 0 Å². The molecule has 0 amide bonds. The molecule has 2 aromatic carbocycles. The quantitative estimate of drug-likeness (QED) is 0.845. The number of phenols is 1. The molecule has 100 valence electrons. The summed E-state index contributed by atoms with van der Waals surface area (Å²) in [5.41, 5.74) is 2.20. The second kappa shape index (κ2) is 6.28. The lowest BCUT2D eigenvalue weighted by Crippen LogP contribution is -2.19. The summed E-state index contributed by atoms with van der Waals surface area (Å²) in [5.74, 6) is 0.964. The van der Waals surface area contributed by atoms with E-state index in [0.717, 1.165) is 24.3 Å². The molecule has 0 aromatic heterocycles. The highest BCUT2D eigenvalue weighted by molar-refractivity contribution is 5.64. The molecule has 0 unspecified atom stereocenters. The highest BCUT2D eigenvalue weighted by Gasteiger charge is 2.10. The van der Waals surface area contributed by atoms with Gasteiger partial charge in [-0.3, -0.25) is 0 Å². The van der Waals surface area contributed by atoms with Crippen LogP contribution >= 0.6 is 0 Å². The van der Waals surface area contributed by atoms with Crippen molar-refractivity contribution in [2.24, 2.45) is 5.92 Å². The number of benzene rings is 2. The average molecular weight is 255 g/mol. The van der Waals surface area contributed by atoms with Crippen molar-refractivity contribution in [1.29, 1.82) is 0 Å². The van der Waals surface area contributed by atoms with Gasteiger partial charge >= 0.3 is 0 Å². The van der Waals surface area contributed by atoms with Gasteiger partial charge in [-0.15, -0.1) is 0 Å². The van der Waals surface area contributed by atoms with Crippen LogP contribution in [0.15, 0.2) is 54.6 Å². The first-order valence-corrected chi connectivity index (χ1v) is 6.78. The molecule has 1 N–H and O–H groups in total. The number of anilines is 2. The topological polar surface area (TPSA) is 23.5 Å². The molecule has 2 aromatic rings. The molecule has 0 atom stereocenters. The molecule has 0 aliphatic carbocycles. The largest absolute Gasteiger partial charge is 0.508 e. The average Bonchev–Trinajstić information content (AvgIpc) is 2.40. The molecule has 0 radical (unpaired) electrons. The third-order valence-corrected chi connectivity index (χ3v) is 3.14. The van der Waals surface area contributed by atoms with Crippen LogP contribution in [-0.2, 0) is 0 Å². The standard InChI is InChI=1S/C17H21NO/c1-14(2)11-12-18(15-7-4-3-5-8-15)16-9-6-10-17(19)13-16/h3-10,13-14,19H,11-12H2,1-2H3. The summed E-state index contributed by atoms with van der Waals surface area (Å²) in [5, 5.41) is 9.66. The second-order valence-corrected chi connectivity index (χ2v) is 5.19. The Bertz CT molecular complexity index is 508. The van der Waals surface area contributed by atoms with Crippen molar-refractivity contribution in [2.45, 2.75) is 20.3 Å². The molecule has 0 aliphatic heterocycles. The minimum absolute atomic E-state index is 0.308. The Kier molecular flexibility index (Phi) is 4.45. The van der Waals surface area contributed by atoms with E-state index >= 15 is 0 Å². The van der Waals surface area contributed by atoms with E-state index in [1.165, 1.54) is 0 Å². The third-order valence-electron chi connectivity index (χ3n) is 3.14. The molecule has 2 rings (SSSR count). The summed E-state index contributed by atoms with van der Waals surface area (Å²) in [6, 6.07) is 17.7. The minimum Gasteiger partial charge on any atom is -0.508 e. The first kappa shape index (κ1) is 13.5. The smallest absolute Gasteiger partial charge is 0.117 e. The predicted molar refractivity (Wildman–Crippen MR) is 81.0 cm³/mol. The summed E-state index contributed by atoms with van der Waals surface area (Å²) >= 11 is 0. The van der Waals surface area contributed by atoms with Crippen LogP contribution in [0, 0.1) is 5.92 Å². The lowest BCUT2D eigenvalue weighted by atomic mass is 10.1. The number of para-hydroxylation sites is 1. The lowest BCUT2D eigenvalue weighted by Gasteiger charge is -2.26. The van der Waals surface area contributed by atoms with Crippen molar-refractivity contribution < 1.29 is 5.11 Å². The van der Waals surface area contributed by atoms with Crippen molar-refractivity contribution in [3.05, 3.63) is 54.6 Å². The van der Waals surface area contributed by atoms with Gasteiger partial charge < -0.3 is 10.0 Å². The second-order valence-electron chi connectivity index (χ2n) is 5.19. The van der Waals surface area contributed by atoms with E-state index in [9.17, 15) is 5.11 Å². The van der Waals surface area contributed by atoms with E-state index in [1.54, 1.807) is 6.07 Å². The van der Waals surface area contributed by atoms with Crippen molar-refractivity contribution >= 4 is 11.4 Å². The molecule has 0 aliphatic rings. The maximum absolute atomic E-state index is 9.66. The molecular weight excluding hydrogens is 234 g/mol. The summed E-state index contributed by atoms with van der Waals surface area (Å²) in [4.78, 5) is 2.25. The number of phenolic OH excluding ortho intramolecular Hbond substituents is 1. The fourth-order valence-electron chi connectivity index (χ4n) is 2.06. The van der Waals surface area contributed by atoms with E-state index in [2.05, 4.69) is 30.9 Å². The van der Waals surface area contributed by atoms with Crippen molar-refractivity contribution in [1.82, 2.24) is 0 Å². The Morgan fingerprint density at radius 1 is 0.947 bits per heavy atom. The van der Waals surface area contributed by atoms with Crippen molar-refractivity contribution in [2.75, 3.05) is 11.4 Å². The zero-order valence-corrected chi connectivity index (χ0v) is 11.6. The molecule has 19 heavy (non-hydrogen) atoms. The minimum atomic E-state index is 0.308. The van der Waals surface area contributed by atoms with Crippen molar-refractivity contribution in [3.8, 4) is 5.75 Å². The number of nitrogens with zero attached hydrogens (tertiary/aromatic N) is 1. The van der Waals surface area contributed by atoms with Gasteiger partial charge in [-0.2, -0.15) is 0 Å². The number of hydrogen-bond acceptors (Lipinski definition) is 2. The fourth-order valence-corrected chi connectivity index (χ4v) is 2.06. The third kappa shape index (κ3) is 3.75. The molecule has 0 fully saturated rings. The summed E-state index contributed by atoms with van der Waals surface area (Å²) < 4.78 is 0. The molecule has 0 bridgehead atoms. The zero-order chi connectivity index (χ0) is 13.7. The Hall–Kier alpha value is -1.96. The van der Waals surface area contributed by atoms with Crippen molar-refractivity contribution in [3.63, 3.8) is 0 Å². The first-order chi connectivity index (χ1) is 9.16. The van der Waals surface area contributed by atoms with E-state index in [0.29, 0.717) is 11.7 Å². The van der Waals surface area contributed by atoms with Crippen LogP contribution in [0.3, 0.4) is 0 Å². The van der Waals surface area contributed by atoms with E-state index < -0.39 is 0 Å². The Labute approximate surface area is 115 Å². The summed E-state index contributed by atoms with van der Waals surface area (Å²) in [6.45, 7) is 5.41. The molecule has 0 spiro atoms. The van der Waals surface area contributed by atoms with Gasteiger partial charge in [0.25, 0.3) is 0 Å². The number of rotatable bonds is 5.